The first-order valence-electron chi connectivity index (χ1n) is 6.40. The summed E-state index contributed by atoms with van der Waals surface area (Å²) in [6.45, 7) is 1.93. The summed E-state index contributed by atoms with van der Waals surface area (Å²) in [5.74, 6) is 0. The molecule has 0 aromatic heterocycles. The van der Waals surface area contributed by atoms with Crippen LogP contribution in [0.25, 0.3) is 0 Å². The van der Waals surface area contributed by atoms with Crippen LogP contribution in [0.2, 0.25) is 0 Å². The zero-order valence-corrected chi connectivity index (χ0v) is 13.3. The van der Waals surface area contributed by atoms with E-state index in [0.29, 0.717) is 5.69 Å². The Morgan fingerprint density at radius 3 is 2.33 bits per heavy atom. The fourth-order valence-electron chi connectivity index (χ4n) is 2.23. The molecule has 0 saturated carbocycles. The van der Waals surface area contributed by atoms with Gasteiger partial charge in [-0.25, -0.2) is 0 Å². The summed E-state index contributed by atoms with van der Waals surface area (Å²) >= 11 is 3.11. The van der Waals surface area contributed by atoms with Crippen molar-refractivity contribution in [1.29, 1.82) is 0 Å². The Balaban J connectivity index is 2.48. The smallest absolute Gasteiger partial charge is 0.344 e. The number of nitrogens with zero attached hydrogens (tertiary/aromatic N) is 1. The van der Waals surface area contributed by atoms with Crippen molar-refractivity contribution in [3.63, 3.8) is 0 Å². The normalized spacial score (nSPS) is 11.5. The summed E-state index contributed by atoms with van der Waals surface area (Å²) in [6, 6.07) is 12.0. The first kappa shape index (κ1) is 15.9. The minimum absolute atomic E-state index is 0.177. The van der Waals surface area contributed by atoms with Gasteiger partial charge in [-0.1, -0.05) is 40.2 Å². The first-order chi connectivity index (χ1) is 9.84. The number of aryl methyl sites for hydroxylation is 1. The molecule has 0 atom stereocenters. The number of alkyl halides is 4. The third kappa shape index (κ3) is 3.40. The molecule has 5 heteroatoms. The number of anilines is 2. The number of hydrogen-bond acceptors (Lipinski definition) is 1. The Kier molecular flexibility index (Phi) is 4.61. The maximum atomic E-state index is 13.1. The summed E-state index contributed by atoms with van der Waals surface area (Å²) in [4.78, 5) is 1.77. The van der Waals surface area contributed by atoms with Gasteiger partial charge >= 0.3 is 6.18 Å². The summed E-state index contributed by atoms with van der Waals surface area (Å²) in [5, 5.41) is 0.177. The second-order valence-corrected chi connectivity index (χ2v) is 5.38. The molecule has 0 aliphatic heterocycles. The molecule has 2 aromatic carbocycles. The monoisotopic (exact) mass is 357 g/mol. The van der Waals surface area contributed by atoms with E-state index in [9.17, 15) is 13.2 Å². The molecule has 2 rings (SSSR count). The Hall–Kier alpha value is -1.49. The van der Waals surface area contributed by atoms with E-state index in [1.807, 2.05) is 31.2 Å². The third-order valence-electron chi connectivity index (χ3n) is 3.41. The van der Waals surface area contributed by atoms with E-state index in [1.54, 1.807) is 18.0 Å². The molecule has 0 saturated heterocycles. The molecule has 0 unspecified atom stereocenters. The molecule has 21 heavy (non-hydrogen) atoms. The fourth-order valence-corrected chi connectivity index (χ4v) is 2.72. The van der Waals surface area contributed by atoms with Gasteiger partial charge in [-0.3, -0.25) is 0 Å². The van der Waals surface area contributed by atoms with Crippen LogP contribution in [0.5, 0.6) is 0 Å². The van der Waals surface area contributed by atoms with Crippen LogP contribution in [-0.4, -0.2) is 7.05 Å². The van der Waals surface area contributed by atoms with Crippen LogP contribution in [-0.2, 0) is 11.5 Å². The maximum absolute atomic E-state index is 13.1. The van der Waals surface area contributed by atoms with Crippen molar-refractivity contribution in [3.8, 4) is 0 Å². The number of benzene rings is 2. The van der Waals surface area contributed by atoms with E-state index in [-0.39, 0.29) is 10.9 Å². The van der Waals surface area contributed by atoms with Gasteiger partial charge in [-0.2, -0.15) is 13.2 Å². The molecule has 0 amide bonds. The predicted molar refractivity (Wildman–Crippen MR) is 83.3 cm³/mol. The lowest BCUT2D eigenvalue weighted by Gasteiger charge is -2.23. The largest absolute Gasteiger partial charge is 0.416 e. The molecule has 2 aromatic rings. The van der Waals surface area contributed by atoms with E-state index < -0.39 is 11.7 Å². The van der Waals surface area contributed by atoms with Crippen LogP contribution < -0.4 is 4.90 Å². The van der Waals surface area contributed by atoms with Gasteiger partial charge in [0.2, 0.25) is 0 Å². The van der Waals surface area contributed by atoms with Crippen molar-refractivity contribution >= 4 is 27.3 Å². The fraction of sp³-hybridized carbons (Fsp3) is 0.250. The zero-order valence-electron chi connectivity index (χ0n) is 11.7. The average Bonchev–Trinajstić information content (AvgIpc) is 2.45. The minimum Gasteiger partial charge on any atom is -0.344 e. The molecule has 0 bridgehead atoms. The number of hydrogen-bond donors (Lipinski definition) is 0. The number of rotatable bonds is 3. The topological polar surface area (TPSA) is 3.24 Å². The van der Waals surface area contributed by atoms with Gasteiger partial charge in [0, 0.05) is 23.8 Å². The molecule has 0 heterocycles. The van der Waals surface area contributed by atoms with Crippen molar-refractivity contribution in [3.05, 3.63) is 59.2 Å². The molecule has 1 nitrogen and oxygen atoms in total. The lowest BCUT2D eigenvalue weighted by atomic mass is 10.1. The highest BCUT2D eigenvalue weighted by atomic mass is 79.9. The standard InChI is InChI=1S/C16H15BrF3N/c1-11-5-3-4-6-15(11)21(2)13-8-7-12(10-17)14(9-13)16(18,19)20/h3-9H,10H2,1-2H3. The molecule has 0 aliphatic carbocycles. The Morgan fingerprint density at radius 1 is 1.10 bits per heavy atom. The molecule has 0 N–H and O–H groups in total. The summed E-state index contributed by atoms with van der Waals surface area (Å²) in [7, 11) is 1.77. The predicted octanol–water partition coefficient (Wildman–Crippen LogP) is 5.68. The van der Waals surface area contributed by atoms with Crippen molar-refractivity contribution in [1.82, 2.24) is 0 Å². The number of para-hydroxylation sites is 1. The lowest BCUT2D eigenvalue weighted by Crippen LogP contribution is -2.14. The van der Waals surface area contributed by atoms with Gasteiger partial charge in [0.15, 0.2) is 0 Å². The molecule has 0 radical (unpaired) electrons. The second-order valence-electron chi connectivity index (χ2n) is 4.82. The lowest BCUT2D eigenvalue weighted by molar-refractivity contribution is -0.138. The van der Waals surface area contributed by atoms with Crippen LogP contribution in [0.4, 0.5) is 24.5 Å². The van der Waals surface area contributed by atoms with Gasteiger partial charge in [-0.15, -0.1) is 0 Å². The zero-order chi connectivity index (χ0) is 15.6. The highest BCUT2D eigenvalue weighted by Crippen LogP contribution is 2.37. The number of halogens is 4. The maximum Gasteiger partial charge on any atom is 0.416 e. The molecular weight excluding hydrogens is 343 g/mol. The molecular formula is C16H15BrF3N. The van der Waals surface area contributed by atoms with Crippen LogP contribution in [0.15, 0.2) is 42.5 Å². The SMILES string of the molecule is Cc1ccccc1N(C)c1ccc(CBr)c(C(F)(F)F)c1. The highest BCUT2D eigenvalue weighted by Gasteiger charge is 2.33. The third-order valence-corrected chi connectivity index (χ3v) is 4.01. The van der Waals surface area contributed by atoms with Crippen molar-refractivity contribution in [2.45, 2.75) is 18.4 Å². The Bertz CT molecular complexity index is 638. The van der Waals surface area contributed by atoms with Gasteiger partial charge in [-0.05, 0) is 36.2 Å². The Morgan fingerprint density at radius 2 is 1.76 bits per heavy atom. The van der Waals surface area contributed by atoms with Crippen LogP contribution in [0.1, 0.15) is 16.7 Å². The van der Waals surface area contributed by atoms with Gasteiger partial charge in [0.25, 0.3) is 0 Å². The molecule has 0 spiro atoms. The van der Waals surface area contributed by atoms with Crippen molar-refractivity contribution in [2.75, 3.05) is 11.9 Å². The average molecular weight is 358 g/mol. The van der Waals surface area contributed by atoms with Crippen molar-refractivity contribution < 1.29 is 13.2 Å². The quantitative estimate of drug-likeness (QED) is 0.639. The second kappa shape index (κ2) is 6.10. The van der Waals surface area contributed by atoms with Crippen LogP contribution in [0, 0.1) is 6.92 Å². The molecule has 0 aliphatic rings. The summed E-state index contributed by atoms with van der Waals surface area (Å²) < 4.78 is 39.4. The first-order valence-corrected chi connectivity index (χ1v) is 7.52. The highest BCUT2D eigenvalue weighted by molar-refractivity contribution is 9.08. The van der Waals surface area contributed by atoms with Crippen LogP contribution in [0.3, 0.4) is 0 Å². The minimum atomic E-state index is -4.36. The summed E-state index contributed by atoms with van der Waals surface area (Å²) in [6.07, 6.45) is -4.36. The van der Waals surface area contributed by atoms with E-state index in [4.69, 9.17) is 0 Å². The van der Waals surface area contributed by atoms with E-state index >= 15 is 0 Å². The van der Waals surface area contributed by atoms with Gasteiger partial charge in [0.1, 0.15) is 0 Å². The molecule has 0 fully saturated rings. The van der Waals surface area contributed by atoms with Gasteiger partial charge < -0.3 is 4.90 Å². The summed E-state index contributed by atoms with van der Waals surface area (Å²) in [5.41, 5.74) is 2.05. The van der Waals surface area contributed by atoms with E-state index in [2.05, 4.69) is 15.9 Å². The van der Waals surface area contributed by atoms with E-state index in [0.717, 1.165) is 11.3 Å². The van der Waals surface area contributed by atoms with Crippen molar-refractivity contribution in [2.24, 2.45) is 0 Å². The van der Waals surface area contributed by atoms with Crippen LogP contribution >= 0.6 is 15.9 Å². The van der Waals surface area contributed by atoms with E-state index in [1.165, 1.54) is 12.1 Å². The Labute approximate surface area is 130 Å². The molecule has 112 valence electrons. The van der Waals surface area contributed by atoms with Gasteiger partial charge in [0.05, 0.1) is 5.56 Å².